The van der Waals surface area contributed by atoms with E-state index in [-0.39, 0.29) is 18.2 Å². The van der Waals surface area contributed by atoms with Crippen LogP contribution < -0.4 is 26.2 Å². The number of fused-ring (bicyclic) bond motifs is 2. The second kappa shape index (κ2) is 18.1. The average molecular weight is 808 g/mol. The van der Waals surface area contributed by atoms with E-state index in [4.69, 9.17) is 24.2 Å². The van der Waals surface area contributed by atoms with Gasteiger partial charge in [0.15, 0.2) is 11.6 Å². The van der Waals surface area contributed by atoms with Crippen LogP contribution in [0.3, 0.4) is 0 Å². The largest absolute Gasteiger partial charge is 0.378 e. The molecule has 0 saturated carbocycles. The van der Waals surface area contributed by atoms with Crippen molar-refractivity contribution in [3.05, 3.63) is 90.0 Å². The van der Waals surface area contributed by atoms with Gasteiger partial charge >= 0.3 is 0 Å². The highest BCUT2D eigenvalue weighted by Crippen LogP contribution is 2.34. The van der Waals surface area contributed by atoms with Crippen LogP contribution in [0, 0.1) is 11.3 Å². The van der Waals surface area contributed by atoms with Crippen LogP contribution in [0.2, 0.25) is 0 Å². The molecule has 3 unspecified atom stereocenters. The minimum absolute atomic E-state index is 0.0296. The summed E-state index contributed by atoms with van der Waals surface area (Å²) in [5.41, 5.74) is 9.91. The normalized spacial score (nSPS) is 19.7. The maximum absolute atomic E-state index is 10.2. The number of hydrogen-bond acceptors (Lipinski definition) is 16. The van der Waals surface area contributed by atoms with Gasteiger partial charge in [-0.3, -0.25) is 9.97 Å². The van der Waals surface area contributed by atoms with Crippen LogP contribution in [0.4, 0.5) is 17.3 Å². The van der Waals surface area contributed by atoms with Crippen LogP contribution >= 0.6 is 0 Å². The lowest BCUT2D eigenvalue weighted by atomic mass is 9.92. The van der Waals surface area contributed by atoms with Crippen molar-refractivity contribution in [2.24, 2.45) is 0 Å². The third-order valence-electron chi connectivity index (χ3n) is 11.1. The van der Waals surface area contributed by atoms with E-state index in [0.717, 1.165) is 66.3 Å². The molecule has 3 atom stereocenters. The Kier molecular flexibility index (Phi) is 11.9. The zero-order valence-electron chi connectivity index (χ0n) is 33.9. The molecule has 0 amide bonds. The van der Waals surface area contributed by atoms with E-state index in [1.54, 1.807) is 24.8 Å². The van der Waals surface area contributed by atoms with Crippen molar-refractivity contribution in [3.8, 4) is 28.6 Å². The van der Waals surface area contributed by atoms with Crippen molar-refractivity contribution in [3.63, 3.8) is 0 Å². The summed E-state index contributed by atoms with van der Waals surface area (Å²) >= 11 is 0. The van der Waals surface area contributed by atoms with Gasteiger partial charge in [-0.2, -0.15) is 5.26 Å². The maximum atomic E-state index is 10.2. The summed E-state index contributed by atoms with van der Waals surface area (Å²) in [6, 6.07) is 18.7. The second-order valence-corrected chi connectivity index (χ2v) is 15.5. The second-order valence-electron chi connectivity index (χ2n) is 15.5. The van der Waals surface area contributed by atoms with Crippen molar-refractivity contribution in [2.75, 3.05) is 102 Å². The molecule has 3 aliphatic rings. The number of nitriles is 1. The standard InChI is InChI=1S/C44H49N13O3/c1-56(2)27-30-4-3-29(35-22-37-41(49-9-7-48-37)43(55-35)52-25-32-24-46-11-15-59-32)20-33(30)40-39(60-16-12-51-40)26-53-44-42-36(47-8-10-50-42)21-34(54-44)28-5-6-38(31(19-28)23-45)57-13-17-58-18-14-57/h3-10,19-22,32,39-40,46,51H,11-18,24-27H2,1-2H3,(H,52,55)(H,53,54). The molecule has 0 aliphatic carbocycles. The Bertz CT molecular complexity index is 2500. The van der Waals surface area contributed by atoms with Crippen LogP contribution in [0.1, 0.15) is 22.7 Å². The van der Waals surface area contributed by atoms with Gasteiger partial charge in [0.2, 0.25) is 0 Å². The molecule has 3 saturated heterocycles. The molecular weight excluding hydrogens is 759 g/mol. The summed E-state index contributed by atoms with van der Waals surface area (Å²) < 4.78 is 18.0. The Morgan fingerprint density at radius 1 is 0.783 bits per heavy atom. The van der Waals surface area contributed by atoms with Crippen molar-refractivity contribution in [1.29, 1.82) is 5.26 Å². The fraction of sp³-hybridized carbons (Fsp3) is 0.386. The Balaban J connectivity index is 1.02. The van der Waals surface area contributed by atoms with Crippen LogP contribution in [0.5, 0.6) is 0 Å². The molecule has 0 bridgehead atoms. The molecule has 0 spiro atoms. The van der Waals surface area contributed by atoms with E-state index in [2.05, 4.69) is 89.4 Å². The highest BCUT2D eigenvalue weighted by Gasteiger charge is 2.30. The minimum atomic E-state index is -0.262. The number of nitrogens with one attached hydrogen (secondary N) is 4. The number of ether oxygens (including phenoxy) is 3. The number of morpholine rings is 3. The van der Waals surface area contributed by atoms with Crippen molar-refractivity contribution in [1.82, 2.24) is 45.4 Å². The van der Waals surface area contributed by atoms with Crippen molar-refractivity contribution >= 4 is 39.4 Å². The molecule has 3 aliphatic heterocycles. The molecule has 60 heavy (non-hydrogen) atoms. The van der Waals surface area contributed by atoms with E-state index in [1.165, 1.54) is 5.56 Å². The summed E-state index contributed by atoms with van der Waals surface area (Å²) in [7, 11) is 4.16. The van der Waals surface area contributed by atoms with Crippen LogP contribution in [0.25, 0.3) is 44.6 Å². The first kappa shape index (κ1) is 39.5. The van der Waals surface area contributed by atoms with Crippen LogP contribution in [-0.2, 0) is 20.8 Å². The molecule has 16 nitrogen and oxygen atoms in total. The molecule has 3 fully saturated rings. The molecule has 16 heteroatoms. The van der Waals surface area contributed by atoms with E-state index in [1.807, 2.05) is 30.3 Å². The highest BCUT2D eigenvalue weighted by molar-refractivity contribution is 5.90. The Hall–Kier alpha value is -5.93. The van der Waals surface area contributed by atoms with E-state index in [0.29, 0.717) is 85.5 Å². The summed E-state index contributed by atoms with van der Waals surface area (Å²) in [6.45, 7) is 8.13. The number of benzene rings is 2. The van der Waals surface area contributed by atoms with Crippen molar-refractivity contribution in [2.45, 2.75) is 24.8 Å². The van der Waals surface area contributed by atoms with Crippen LogP contribution in [-0.4, -0.2) is 133 Å². The molecule has 308 valence electrons. The quantitative estimate of drug-likeness (QED) is 0.139. The maximum Gasteiger partial charge on any atom is 0.154 e. The van der Waals surface area contributed by atoms with Gasteiger partial charge in [0.25, 0.3) is 0 Å². The van der Waals surface area contributed by atoms with Gasteiger partial charge in [0, 0.05) is 88.3 Å². The lowest BCUT2D eigenvalue weighted by Crippen LogP contribution is -2.45. The molecule has 0 radical (unpaired) electrons. The lowest BCUT2D eigenvalue weighted by Gasteiger charge is -2.35. The fourth-order valence-corrected chi connectivity index (χ4v) is 8.18. The third kappa shape index (κ3) is 8.68. The van der Waals surface area contributed by atoms with Crippen molar-refractivity contribution < 1.29 is 14.2 Å². The third-order valence-corrected chi connectivity index (χ3v) is 11.1. The van der Waals surface area contributed by atoms with Gasteiger partial charge in [0.05, 0.1) is 78.3 Å². The van der Waals surface area contributed by atoms with Gasteiger partial charge in [-0.05, 0) is 55.6 Å². The van der Waals surface area contributed by atoms with Gasteiger partial charge in [-0.25, -0.2) is 19.9 Å². The highest BCUT2D eigenvalue weighted by atomic mass is 16.5. The molecule has 9 rings (SSSR count). The smallest absolute Gasteiger partial charge is 0.154 e. The molecular formula is C44H49N13O3. The summed E-state index contributed by atoms with van der Waals surface area (Å²) in [5, 5.41) is 24.5. The number of rotatable bonds is 12. The summed E-state index contributed by atoms with van der Waals surface area (Å²) in [6.07, 6.45) is 6.53. The lowest BCUT2D eigenvalue weighted by molar-refractivity contribution is 0.00357. The molecule has 2 aromatic carbocycles. The minimum Gasteiger partial charge on any atom is -0.378 e. The van der Waals surface area contributed by atoms with Gasteiger partial charge < -0.3 is 45.3 Å². The van der Waals surface area contributed by atoms with Gasteiger partial charge in [-0.1, -0.05) is 18.2 Å². The van der Waals surface area contributed by atoms with Crippen LogP contribution in [0.15, 0.2) is 73.3 Å². The SMILES string of the molecule is CN(C)Cc1ccc(-c2cc3nccnc3c(NCC3CNCCO3)n2)cc1C1NCCOC1CNc1nc(-c2ccc(N3CCOCC3)c(C#N)c2)cc2nccnc12. The zero-order chi connectivity index (χ0) is 40.8. The predicted molar refractivity (Wildman–Crippen MR) is 231 cm³/mol. The molecule has 7 heterocycles. The predicted octanol–water partition coefficient (Wildman–Crippen LogP) is 4.01. The number of hydrogen-bond donors (Lipinski definition) is 4. The summed E-state index contributed by atoms with van der Waals surface area (Å²) in [5.74, 6) is 1.27. The summed E-state index contributed by atoms with van der Waals surface area (Å²) in [4.78, 5) is 33.2. The molecule has 4 aromatic heterocycles. The monoisotopic (exact) mass is 807 g/mol. The first-order chi connectivity index (χ1) is 29.5. The van der Waals surface area contributed by atoms with Gasteiger partial charge in [0.1, 0.15) is 17.1 Å². The Morgan fingerprint density at radius 3 is 2.13 bits per heavy atom. The average Bonchev–Trinajstić information content (AvgIpc) is 3.30. The van der Waals surface area contributed by atoms with E-state index < -0.39 is 0 Å². The number of aromatic nitrogens is 6. The fourth-order valence-electron chi connectivity index (χ4n) is 8.18. The van der Waals surface area contributed by atoms with E-state index >= 15 is 0 Å². The van der Waals surface area contributed by atoms with E-state index in [9.17, 15) is 5.26 Å². The topological polar surface area (TPSA) is 183 Å². The number of nitrogens with zero attached hydrogens (tertiary/aromatic N) is 9. The molecule has 6 aromatic rings. The Labute approximate surface area is 348 Å². The number of anilines is 3. The first-order valence-corrected chi connectivity index (χ1v) is 20.5. The molecule has 4 N–H and O–H groups in total. The Morgan fingerprint density at radius 2 is 1.45 bits per heavy atom. The number of pyridine rings is 2. The first-order valence-electron chi connectivity index (χ1n) is 20.5. The zero-order valence-corrected chi connectivity index (χ0v) is 33.9. The van der Waals surface area contributed by atoms with Gasteiger partial charge in [-0.15, -0.1) is 0 Å².